The monoisotopic (exact) mass is 555 g/mol. The first-order valence-electron chi connectivity index (χ1n) is 11.7. The molecule has 3 aromatic rings. The summed E-state index contributed by atoms with van der Waals surface area (Å²) in [6.45, 7) is 3.44. The summed E-state index contributed by atoms with van der Waals surface area (Å²) >= 11 is 6.19. The molecule has 1 atom stereocenters. The molecule has 11 heteroatoms. The van der Waals surface area contributed by atoms with E-state index in [2.05, 4.69) is 15.4 Å². The number of nitrogens with one attached hydrogen (secondary N) is 2. The van der Waals surface area contributed by atoms with Gasteiger partial charge >= 0.3 is 5.97 Å². The number of methoxy groups -OCH3 is 1. The van der Waals surface area contributed by atoms with Gasteiger partial charge in [0.1, 0.15) is 6.04 Å². The van der Waals surface area contributed by atoms with Gasteiger partial charge in [0, 0.05) is 11.6 Å². The second kappa shape index (κ2) is 10.8. The average molecular weight is 556 g/mol. The van der Waals surface area contributed by atoms with Gasteiger partial charge in [0.25, 0.3) is 10.0 Å². The normalized spacial score (nSPS) is 14.9. The van der Waals surface area contributed by atoms with Crippen molar-refractivity contribution in [1.29, 1.82) is 0 Å². The minimum absolute atomic E-state index is 0.00000647. The summed E-state index contributed by atoms with van der Waals surface area (Å²) < 4.78 is 33.7. The Balaban J connectivity index is 1.62. The highest BCUT2D eigenvalue weighted by Crippen LogP contribution is 2.38. The number of benzene rings is 3. The number of carbonyl (C=O) groups is 3. The number of carbonyl (C=O) groups excluding carboxylic acids is 3. The van der Waals surface area contributed by atoms with E-state index in [4.69, 9.17) is 11.6 Å². The minimum atomic E-state index is -4.27. The van der Waals surface area contributed by atoms with Crippen molar-refractivity contribution in [2.24, 2.45) is 0 Å². The third kappa shape index (κ3) is 5.36. The highest BCUT2D eigenvalue weighted by molar-refractivity contribution is 7.93. The SMILES string of the molecule is COC(=O)c1ccc(CNC(=O)CC2C(=O)Nc3ccccc3N2S(=O)(=O)c2cc(C)c(Cl)cc2C)cc1. The van der Waals surface area contributed by atoms with Gasteiger partial charge in [0.2, 0.25) is 11.8 Å². The summed E-state index contributed by atoms with van der Waals surface area (Å²) in [5, 5.41) is 5.85. The number of para-hydroxylation sites is 2. The van der Waals surface area contributed by atoms with Crippen LogP contribution in [0.1, 0.15) is 33.5 Å². The summed E-state index contributed by atoms with van der Waals surface area (Å²) in [5.41, 5.74) is 2.65. The zero-order valence-corrected chi connectivity index (χ0v) is 22.5. The highest BCUT2D eigenvalue weighted by atomic mass is 35.5. The molecular formula is C27H26ClN3O6S. The Hall–Kier alpha value is -3.89. The fourth-order valence-electron chi connectivity index (χ4n) is 4.20. The third-order valence-corrected chi connectivity index (χ3v) is 8.59. The predicted octanol–water partition coefficient (Wildman–Crippen LogP) is 3.97. The first-order chi connectivity index (χ1) is 18.0. The zero-order valence-electron chi connectivity index (χ0n) is 20.9. The number of ether oxygens (including phenoxy) is 1. The van der Waals surface area contributed by atoms with E-state index in [0.29, 0.717) is 33.0 Å². The van der Waals surface area contributed by atoms with Crippen LogP contribution in [-0.4, -0.2) is 39.4 Å². The highest BCUT2D eigenvalue weighted by Gasteiger charge is 2.42. The lowest BCUT2D eigenvalue weighted by Crippen LogP contribution is -2.52. The number of amides is 2. The van der Waals surface area contributed by atoms with Gasteiger partial charge in [-0.2, -0.15) is 0 Å². The Bertz CT molecular complexity index is 1520. The Morgan fingerprint density at radius 2 is 1.74 bits per heavy atom. The van der Waals surface area contributed by atoms with Gasteiger partial charge in [0.05, 0.1) is 35.4 Å². The van der Waals surface area contributed by atoms with Crippen LogP contribution in [0.15, 0.2) is 65.6 Å². The van der Waals surface area contributed by atoms with E-state index in [1.54, 1.807) is 68.4 Å². The summed E-state index contributed by atoms with van der Waals surface area (Å²) in [6.07, 6.45) is -0.411. The summed E-state index contributed by atoms with van der Waals surface area (Å²) in [4.78, 5) is 37.7. The predicted molar refractivity (Wildman–Crippen MR) is 144 cm³/mol. The molecule has 3 aromatic carbocycles. The largest absolute Gasteiger partial charge is 0.465 e. The Kier molecular flexibility index (Phi) is 7.75. The van der Waals surface area contributed by atoms with Crippen molar-refractivity contribution in [3.63, 3.8) is 0 Å². The van der Waals surface area contributed by atoms with E-state index in [-0.39, 0.29) is 17.1 Å². The molecule has 0 aromatic heterocycles. The standard InChI is InChI=1S/C27H26ClN3O6S/c1-16-13-24(17(2)12-20(16)28)38(35,36)31-22-7-5-4-6-21(22)30-26(33)23(31)14-25(32)29-15-18-8-10-19(11-9-18)27(34)37-3/h4-13,23H,14-15H2,1-3H3,(H,29,32)(H,30,33). The number of hydrogen-bond donors (Lipinski definition) is 2. The first kappa shape index (κ1) is 27.2. The van der Waals surface area contributed by atoms with Crippen LogP contribution in [-0.2, 0) is 30.9 Å². The molecule has 4 rings (SSSR count). The molecule has 1 heterocycles. The molecule has 0 bridgehead atoms. The van der Waals surface area contributed by atoms with Crippen LogP contribution in [0.2, 0.25) is 5.02 Å². The quantitative estimate of drug-likeness (QED) is 0.425. The second-order valence-corrected chi connectivity index (χ2v) is 11.0. The molecule has 2 amide bonds. The average Bonchev–Trinajstić information content (AvgIpc) is 2.89. The zero-order chi connectivity index (χ0) is 27.6. The van der Waals surface area contributed by atoms with Crippen molar-refractivity contribution in [3.8, 4) is 0 Å². The van der Waals surface area contributed by atoms with E-state index in [1.165, 1.54) is 13.2 Å². The molecule has 38 heavy (non-hydrogen) atoms. The maximum absolute atomic E-state index is 14.0. The molecule has 198 valence electrons. The molecule has 0 radical (unpaired) electrons. The summed E-state index contributed by atoms with van der Waals surface area (Å²) in [6, 6.07) is 14.7. The van der Waals surface area contributed by atoms with Gasteiger partial charge in [-0.1, -0.05) is 35.9 Å². The van der Waals surface area contributed by atoms with Crippen LogP contribution in [0.5, 0.6) is 0 Å². The van der Waals surface area contributed by atoms with E-state index >= 15 is 0 Å². The number of rotatable bonds is 7. The van der Waals surface area contributed by atoms with Crippen LogP contribution >= 0.6 is 11.6 Å². The number of nitrogens with zero attached hydrogens (tertiary/aromatic N) is 1. The van der Waals surface area contributed by atoms with Gasteiger partial charge in [-0.15, -0.1) is 0 Å². The smallest absolute Gasteiger partial charge is 0.337 e. The molecule has 0 fully saturated rings. The number of anilines is 2. The lowest BCUT2D eigenvalue weighted by Gasteiger charge is -2.37. The summed E-state index contributed by atoms with van der Waals surface area (Å²) in [7, 11) is -2.98. The minimum Gasteiger partial charge on any atom is -0.465 e. The summed E-state index contributed by atoms with van der Waals surface area (Å²) in [5.74, 6) is -1.62. The van der Waals surface area contributed by atoms with Crippen molar-refractivity contribution < 1.29 is 27.5 Å². The van der Waals surface area contributed by atoms with Gasteiger partial charge in [0.15, 0.2) is 0 Å². The number of fused-ring (bicyclic) bond motifs is 1. The first-order valence-corrected chi connectivity index (χ1v) is 13.5. The molecule has 1 unspecified atom stereocenters. The van der Waals surface area contributed by atoms with Crippen molar-refractivity contribution in [2.75, 3.05) is 16.7 Å². The van der Waals surface area contributed by atoms with E-state index in [9.17, 15) is 22.8 Å². The topological polar surface area (TPSA) is 122 Å². The third-order valence-electron chi connectivity index (χ3n) is 6.22. The maximum atomic E-state index is 14.0. The lowest BCUT2D eigenvalue weighted by molar-refractivity contribution is -0.125. The van der Waals surface area contributed by atoms with E-state index in [1.807, 2.05) is 0 Å². The fraction of sp³-hybridized carbons (Fsp3) is 0.222. The Labute approximate surface area is 225 Å². The van der Waals surface area contributed by atoms with Crippen LogP contribution in [0.4, 0.5) is 11.4 Å². The molecule has 0 spiro atoms. The number of esters is 1. The van der Waals surface area contributed by atoms with Crippen molar-refractivity contribution in [2.45, 2.75) is 37.8 Å². The van der Waals surface area contributed by atoms with Crippen molar-refractivity contribution >= 4 is 50.8 Å². The molecule has 9 nitrogen and oxygen atoms in total. The second-order valence-electron chi connectivity index (χ2n) is 8.86. The number of hydrogen-bond acceptors (Lipinski definition) is 6. The van der Waals surface area contributed by atoms with Crippen LogP contribution in [0, 0.1) is 13.8 Å². The molecule has 0 saturated carbocycles. The molecule has 1 aliphatic heterocycles. The van der Waals surface area contributed by atoms with E-state index < -0.39 is 40.3 Å². The van der Waals surface area contributed by atoms with Crippen molar-refractivity contribution in [1.82, 2.24) is 5.32 Å². The van der Waals surface area contributed by atoms with Crippen LogP contribution in [0.3, 0.4) is 0 Å². The Morgan fingerprint density at radius 1 is 1.05 bits per heavy atom. The van der Waals surface area contributed by atoms with Gasteiger partial charge in [-0.3, -0.25) is 13.9 Å². The molecule has 1 aliphatic rings. The molecule has 0 aliphatic carbocycles. The van der Waals surface area contributed by atoms with E-state index in [0.717, 1.165) is 4.31 Å². The van der Waals surface area contributed by atoms with Gasteiger partial charge < -0.3 is 15.4 Å². The Morgan fingerprint density at radius 3 is 2.42 bits per heavy atom. The lowest BCUT2D eigenvalue weighted by atomic mass is 10.1. The number of aryl methyl sites for hydroxylation is 2. The maximum Gasteiger partial charge on any atom is 0.337 e. The van der Waals surface area contributed by atoms with Crippen molar-refractivity contribution in [3.05, 3.63) is 87.9 Å². The number of sulfonamides is 1. The molecule has 2 N–H and O–H groups in total. The van der Waals surface area contributed by atoms with Crippen LogP contribution in [0.25, 0.3) is 0 Å². The molecular weight excluding hydrogens is 530 g/mol. The molecule has 0 saturated heterocycles. The number of halogens is 1. The van der Waals surface area contributed by atoms with Crippen LogP contribution < -0.4 is 14.9 Å². The van der Waals surface area contributed by atoms with Gasteiger partial charge in [-0.25, -0.2) is 13.2 Å². The van der Waals surface area contributed by atoms with Gasteiger partial charge in [-0.05, 0) is 66.9 Å². The fourth-order valence-corrected chi connectivity index (χ4v) is 6.34.